The minimum Gasteiger partial charge on any atom is -0.493 e. The number of aryl methyl sites for hydroxylation is 1. The van der Waals surface area contributed by atoms with E-state index in [1.54, 1.807) is 27.8 Å². The monoisotopic (exact) mass is 505 g/mol. The molecule has 2 aromatic carbocycles. The number of aliphatic carboxylic acids is 1. The van der Waals surface area contributed by atoms with Gasteiger partial charge in [-0.25, -0.2) is 9.48 Å². The zero-order chi connectivity index (χ0) is 26.5. The molecule has 0 amide bonds. The number of halogens is 3. The number of alkyl halides is 3. The second-order valence-corrected chi connectivity index (χ2v) is 9.00. The Labute approximate surface area is 208 Å². The summed E-state index contributed by atoms with van der Waals surface area (Å²) in [6, 6.07) is 14.4. The third kappa shape index (κ3) is 7.24. The molecule has 3 aromatic rings. The molecule has 0 saturated heterocycles. The number of carboxylic acids is 1. The molecule has 7 nitrogen and oxygen atoms in total. The van der Waals surface area contributed by atoms with E-state index in [0.717, 1.165) is 16.9 Å². The minimum absolute atomic E-state index is 0.202. The van der Waals surface area contributed by atoms with Gasteiger partial charge >= 0.3 is 12.1 Å². The molecule has 3 rings (SSSR count). The van der Waals surface area contributed by atoms with Crippen molar-refractivity contribution in [3.8, 4) is 17.2 Å². The number of para-hydroxylation sites is 1. The third-order valence-corrected chi connectivity index (χ3v) is 5.64. The van der Waals surface area contributed by atoms with Gasteiger partial charge in [-0.3, -0.25) is 4.90 Å². The smallest absolute Gasteiger partial charge is 0.390 e. The Morgan fingerprint density at radius 1 is 1.08 bits per heavy atom. The summed E-state index contributed by atoms with van der Waals surface area (Å²) in [6.07, 6.45) is -3.42. The fourth-order valence-electron chi connectivity index (χ4n) is 3.58. The van der Waals surface area contributed by atoms with Crippen molar-refractivity contribution < 1.29 is 32.5 Å². The molecule has 10 heteroatoms. The normalized spacial score (nSPS) is 12.1. The van der Waals surface area contributed by atoms with Gasteiger partial charge in [0.2, 0.25) is 0 Å². The van der Waals surface area contributed by atoms with Gasteiger partial charge in [0.25, 0.3) is 0 Å². The quantitative estimate of drug-likeness (QED) is 0.377. The third-order valence-electron chi connectivity index (χ3n) is 5.64. The van der Waals surface area contributed by atoms with E-state index >= 15 is 0 Å². The van der Waals surface area contributed by atoms with E-state index in [0.29, 0.717) is 11.3 Å². The number of carbonyl (C=O) groups is 1. The van der Waals surface area contributed by atoms with Crippen LogP contribution in [-0.4, -0.2) is 51.2 Å². The van der Waals surface area contributed by atoms with E-state index in [1.165, 1.54) is 21.0 Å². The summed E-state index contributed by atoms with van der Waals surface area (Å²) in [6.45, 7) is 4.94. The first-order valence-corrected chi connectivity index (χ1v) is 11.4. The number of methoxy groups -OCH3 is 1. The first kappa shape index (κ1) is 27.1. The van der Waals surface area contributed by atoms with E-state index in [9.17, 15) is 23.1 Å². The van der Waals surface area contributed by atoms with Crippen molar-refractivity contribution >= 4 is 5.97 Å². The number of benzene rings is 2. The van der Waals surface area contributed by atoms with Gasteiger partial charge in [0.05, 0.1) is 24.9 Å². The second kappa shape index (κ2) is 11.0. The van der Waals surface area contributed by atoms with E-state index in [2.05, 4.69) is 5.10 Å². The Morgan fingerprint density at radius 3 is 2.39 bits per heavy atom. The molecule has 0 radical (unpaired) electrons. The molecule has 1 heterocycles. The number of nitrogens with zero attached hydrogens (tertiary/aromatic N) is 3. The standard InChI is InChI=1S/C26H30F3N3O4/c1-18-20(17-32(30-18)21-8-6-5-7-9-21)16-31(13-12-26(27,28)29)15-19-10-11-22(23(14-19)35-4)36-25(2,3)24(33)34/h5-11,14,17H,12-13,15-16H2,1-4H3,(H,33,34). The van der Waals surface area contributed by atoms with Gasteiger partial charge in [-0.2, -0.15) is 18.3 Å². The van der Waals surface area contributed by atoms with Crippen LogP contribution in [0.4, 0.5) is 13.2 Å². The van der Waals surface area contributed by atoms with E-state index in [4.69, 9.17) is 9.47 Å². The first-order chi connectivity index (χ1) is 16.9. The summed E-state index contributed by atoms with van der Waals surface area (Å²) >= 11 is 0. The molecule has 0 aliphatic carbocycles. The predicted molar refractivity (Wildman–Crippen MR) is 128 cm³/mol. The molecule has 1 N–H and O–H groups in total. The maximum atomic E-state index is 13.1. The first-order valence-electron chi connectivity index (χ1n) is 11.4. The number of ether oxygens (including phenoxy) is 2. The van der Waals surface area contributed by atoms with Crippen LogP contribution in [0.15, 0.2) is 54.7 Å². The number of hydrogen-bond donors (Lipinski definition) is 1. The van der Waals surface area contributed by atoms with E-state index in [-0.39, 0.29) is 25.4 Å². The van der Waals surface area contributed by atoms with Crippen molar-refractivity contribution in [2.75, 3.05) is 13.7 Å². The predicted octanol–water partition coefficient (Wildman–Crippen LogP) is 5.39. The van der Waals surface area contributed by atoms with Gasteiger partial charge in [-0.05, 0) is 50.6 Å². The molecule has 194 valence electrons. The van der Waals surface area contributed by atoms with Crippen LogP contribution >= 0.6 is 0 Å². The van der Waals surface area contributed by atoms with Gasteiger partial charge in [0.15, 0.2) is 17.1 Å². The summed E-state index contributed by atoms with van der Waals surface area (Å²) in [5.41, 5.74) is 1.62. The lowest BCUT2D eigenvalue weighted by Crippen LogP contribution is -2.38. The summed E-state index contributed by atoms with van der Waals surface area (Å²) in [7, 11) is 1.42. The van der Waals surface area contributed by atoms with E-state index < -0.39 is 24.2 Å². The maximum absolute atomic E-state index is 13.1. The second-order valence-electron chi connectivity index (χ2n) is 9.00. The highest BCUT2D eigenvalue weighted by atomic mass is 19.4. The Morgan fingerprint density at radius 2 is 1.78 bits per heavy atom. The molecule has 0 bridgehead atoms. The minimum atomic E-state index is -4.29. The molecular formula is C26H30F3N3O4. The molecule has 36 heavy (non-hydrogen) atoms. The fraction of sp³-hybridized carbons (Fsp3) is 0.385. The Bertz CT molecular complexity index is 1180. The van der Waals surface area contributed by atoms with Gasteiger partial charge in [-0.15, -0.1) is 0 Å². The highest BCUT2D eigenvalue weighted by molar-refractivity contribution is 5.77. The Balaban J connectivity index is 1.83. The Kier molecular flexibility index (Phi) is 8.29. The molecule has 0 fully saturated rings. The Hall–Kier alpha value is -3.53. The summed E-state index contributed by atoms with van der Waals surface area (Å²) in [5.74, 6) is -0.612. The van der Waals surface area contributed by atoms with Gasteiger partial charge in [0.1, 0.15) is 0 Å². The number of carboxylic acid groups (broad SMARTS) is 1. The summed E-state index contributed by atoms with van der Waals surface area (Å²) in [4.78, 5) is 13.1. The van der Waals surface area contributed by atoms with Gasteiger partial charge in [0, 0.05) is 31.4 Å². The molecule has 0 saturated carbocycles. The van der Waals surface area contributed by atoms with Crippen LogP contribution in [-0.2, 0) is 17.9 Å². The molecule has 0 unspecified atom stereocenters. The van der Waals surface area contributed by atoms with Gasteiger partial charge in [-0.1, -0.05) is 24.3 Å². The lowest BCUT2D eigenvalue weighted by molar-refractivity contribution is -0.152. The number of hydrogen-bond acceptors (Lipinski definition) is 5. The van der Waals surface area contributed by atoms with Crippen molar-refractivity contribution in [2.45, 2.75) is 52.1 Å². The lowest BCUT2D eigenvalue weighted by atomic mass is 10.1. The molecule has 0 spiro atoms. The van der Waals surface area contributed by atoms with Crippen LogP contribution in [0.1, 0.15) is 37.1 Å². The molecular weight excluding hydrogens is 475 g/mol. The average Bonchev–Trinajstić information content (AvgIpc) is 3.18. The SMILES string of the molecule is COc1cc(CN(CCC(F)(F)F)Cc2cn(-c3ccccc3)nc2C)ccc1OC(C)(C)C(=O)O. The maximum Gasteiger partial charge on any atom is 0.390 e. The summed E-state index contributed by atoms with van der Waals surface area (Å²) in [5, 5.41) is 13.9. The largest absolute Gasteiger partial charge is 0.493 e. The number of aromatic nitrogens is 2. The molecule has 0 aliphatic rings. The van der Waals surface area contributed by atoms with Crippen molar-refractivity contribution in [2.24, 2.45) is 0 Å². The van der Waals surface area contributed by atoms with E-state index in [1.807, 2.05) is 43.5 Å². The van der Waals surface area contributed by atoms with Crippen molar-refractivity contribution in [3.63, 3.8) is 0 Å². The lowest BCUT2D eigenvalue weighted by Gasteiger charge is -2.25. The van der Waals surface area contributed by atoms with Crippen molar-refractivity contribution in [1.82, 2.24) is 14.7 Å². The highest BCUT2D eigenvalue weighted by Crippen LogP contribution is 2.32. The molecule has 0 atom stereocenters. The zero-order valence-corrected chi connectivity index (χ0v) is 20.7. The van der Waals surface area contributed by atoms with Crippen LogP contribution in [0.3, 0.4) is 0 Å². The van der Waals surface area contributed by atoms with Crippen LogP contribution in [0.25, 0.3) is 5.69 Å². The van der Waals surface area contributed by atoms with Crippen molar-refractivity contribution in [1.29, 1.82) is 0 Å². The van der Waals surface area contributed by atoms with Gasteiger partial charge < -0.3 is 14.6 Å². The van der Waals surface area contributed by atoms with Crippen LogP contribution in [0.5, 0.6) is 11.5 Å². The zero-order valence-electron chi connectivity index (χ0n) is 20.7. The number of rotatable bonds is 11. The van der Waals surface area contributed by atoms with Crippen LogP contribution in [0.2, 0.25) is 0 Å². The molecule has 0 aliphatic heterocycles. The average molecular weight is 506 g/mol. The molecule has 1 aromatic heterocycles. The van der Waals surface area contributed by atoms with Crippen LogP contribution in [0, 0.1) is 6.92 Å². The highest BCUT2D eigenvalue weighted by Gasteiger charge is 2.31. The summed E-state index contributed by atoms with van der Waals surface area (Å²) < 4.78 is 51.9. The topological polar surface area (TPSA) is 76.8 Å². The van der Waals surface area contributed by atoms with Crippen molar-refractivity contribution in [3.05, 3.63) is 71.5 Å². The van der Waals surface area contributed by atoms with Crippen LogP contribution < -0.4 is 9.47 Å². The fourth-order valence-corrected chi connectivity index (χ4v) is 3.58.